The number of ketones is 1. The maximum Gasteiger partial charge on any atom is 0.332 e. The topological polar surface area (TPSA) is 145 Å². The summed E-state index contributed by atoms with van der Waals surface area (Å²) in [5.74, 6) is 2.11. The molecule has 0 aliphatic carbocycles. The van der Waals surface area contributed by atoms with Crippen LogP contribution in [-0.2, 0) is 36.9 Å². The quantitative estimate of drug-likeness (QED) is 0.318. The summed E-state index contributed by atoms with van der Waals surface area (Å²) in [4.78, 5) is 31.3. The molecule has 0 spiro atoms. The number of carbonyl (C=O) groups excluding carboxylic acids is 3. The standard InChI is InChI=1S/C13H15NO4.C8H9NO2.C5H8O3/c1-9(5-13(15)16-2)14-7-10-3-4-11-12(6-10)18-8-17-11;9-4-6-1-2-7-8(3-6)11-5-10-7;1-4(6)3-5(7)8-2/h3-6,14H,7-8H2,1-2H3;1-3H,4-5,9H2;3H2,1-2H3/b9-5-;;. The van der Waals surface area contributed by atoms with Crippen LogP contribution in [0.3, 0.4) is 0 Å². The number of nitrogens with two attached hydrogens (primary N) is 1. The number of Topliss-reactive ketones (excluding diaryl/α,β-unsaturated/α-hetero) is 1. The van der Waals surface area contributed by atoms with Gasteiger partial charge in [-0.25, -0.2) is 4.79 Å². The first-order chi connectivity index (χ1) is 17.7. The number of benzene rings is 2. The summed E-state index contributed by atoms with van der Waals surface area (Å²) in [5, 5.41) is 3.12. The zero-order valence-electron chi connectivity index (χ0n) is 21.3. The lowest BCUT2D eigenvalue weighted by Gasteiger charge is -2.07. The van der Waals surface area contributed by atoms with Crippen molar-refractivity contribution in [3.05, 3.63) is 59.3 Å². The highest BCUT2D eigenvalue weighted by Gasteiger charge is 2.13. The average molecular weight is 517 g/mol. The molecule has 37 heavy (non-hydrogen) atoms. The Morgan fingerprint density at radius 3 is 1.89 bits per heavy atom. The van der Waals surface area contributed by atoms with Gasteiger partial charge in [0.05, 0.1) is 14.2 Å². The van der Waals surface area contributed by atoms with Gasteiger partial charge >= 0.3 is 11.9 Å². The Morgan fingerprint density at radius 1 is 0.865 bits per heavy atom. The summed E-state index contributed by atoms with van der Waals surface area (Å²) in [6.45, 7) is 4.89. The van der Waals surface area contributed by atoms with Gasteiger partial charge < -0.3 is 39.5 Å². The fourth-order valence-corrected chi connectivity index (χ4v) is 2.92. The number of hydrogen-bond acceptors (Lipinski definition) is 11. The van der Waals surface area contributed by atoms with E-state index in [0.717, 1.165) is 39.8 Å². The Labute approximate surface area is 215 Å². The second-order valence-electron chi connectivity index (χ2n) is 7.74. The normalized spacial score (nSPS) is 12.3. The minimum Gasteiger partial charge on any atom is -0.469 e. The molecule has 2 aromatic rings. The molecule has 0 bridgehead atoms. The van der Waals surface area contributed by atoms with E-state index in [4.69, 9.17) is 24.7 Å². The molecule has 11 heteroatoms. The molecule has 0 atom stereocenters. The molecule has 0 fully saturated rings. The molecule has 11 nitrogen and oxygen atoms in total. The lowest BCUT2D eigenvalue weighted by molar-refractivity contribution is -0.143. The summed E-state index contributed by atoms with van der Waals surface area (Å²) in [5.41, 5.74) is 8.31. The van der Waals surface area contributed by atoms with Crippen LogP contribution in [0.15, 0.2) is 48.2 Å². The Hall–Kier alpha value is -4.25. The number of allylic oxidation sites excluding steroid dienone is 1. The zero-order chi connectivity index (χ0) is 27.2. The third kappa shape index (κ3) is 10.1. The van der Waals surface area contributed by atoms with E-state index in [-0.39, 0.29) is 25.0 Å². The first-order valence-corrected chi connectivity index (χ1v) is 11.3. The second kappa shape index (κ2) is 15.0. The lowest BCUT2D eigenvalue weighted by atomic mass is 10.2. The van der Waals surface area contributed by atoms with E-state index in [2.05, 4.69) is 14.8 Å². The van der Waals surface area contributed by atoms with Crippen LogP contribution in [-0.4, -0.2) is 45.5 Å². The molecule has 3 N–H and O–H groups in total. The molecule has 0 radical (unpaired) electrons. The van der Waals surface area contributed by atoms with Gasteiger partial charge in [0.2, 0.25) is 13.6 Å². The first-order valence-electron chi connectivity index (χ1n) is 11.3. The molecule has 0 aromatic heterocycles. The minimum atomic E-state index is -0.475. The van der Waals surface area contributed by atoms with Crippen molar-refractivity contribution < 1.29 is 42.8 Å². The molecule has 0 amide bonds. The fraction of sp³-hybridized carbons (Fsp3) is 0.346. The van der Waals surface area contributed by atoms with Gasteiger partial charge in [0.15, 0.2) is 23.0 Å². The predicted molar refractivity (Wildman–Crippen MR) is 133 cm³/mol. The molecule has 0 saturated carbocycles. The largest absolute Gasteiger partial charge is 0.469 e. The van der Waals surface area contributed by atoms with E-state index >= 15 is 0 Å². The lowest BCUT2D eigenvalue weighted by Crippen LogP contribution is -2.12. The van der Waals surface area contributed by atoms with Crippen molar-refractivity contribution in [1.29, 1.82) is 0 Å². The van der Waals surface area contributed by atoms with Crippen LogP contribution >= 0.6 is 0 Å². The van der Waals surface area contributed by atoms with E-state index in [9.17, 15) is 14.4 Å². The van der Waals surface area contributed by atoms with Crippen molar-refractivity contribution in [2.24, 2.45) is 5.73 Å². The van der Waals surface area contributed by atoms with Crippen molar-refractivity contribution in [1.82, 2.24) is 5.32 Å². The number of nitrogens with one attached hydrogen (secondary N) is 1. The van der Waals surface area contributed by atoms with E-state index in [1.54, 1.807) is 0 Å². The van der Waals surface area contributed by atoms with Crippen molar-refractivity contribution >= 4 is 17.7 Å². The Morgan fingerprint density at radius 2 is 1.41 bits per heavy atom. The monoisotopic (exact) mass is 516 g/mol. The molecule has 2 aromatic carbocycles. The number of ether oxygens (including phenoxy) is 6. The van der Waals surface area contributed by atoms with Crippen LogP contribution in [0.2, 0.25) is 0 Å². The summed E-state index contributed by atoms with van der Waals surface area (Å²) in [7, 11) is 2.61. The summed E-state index contributed by atoms with van der Waals surface area (Å²) < 4.78 is 29.6. The number of esters is 2. The van der Waals surface area contributed by atoms with Gasteiger partial charge in [-0.3, -0.25) is 9.59 Å². The smallest absolute Gasteiger partial charge is 0.332 e. The minimum absolute atomic E-state index is 0.115. The number of carbonyl (C=O) groups is 3. The highest BCUT2D eigenvalue weighted by molar-refractivity contribution is 5.94. The molecule has 2 aliphatic rings. The molecule has 2 heterocycles. The molecular formula is C26H32N2O9. The number of rotatable bonds is 7. The molecule has 2 aliphatic heterocycles. The van der Waals surface area contributed by atoms with Crippen LogP contribution in [0.5, 0.6) is 23.0 Å². The second-order valence-corrected chi connectivity index (χ2v) is 7.74. The van der Waals surface area contributed by atoms with Crippen LogP contribution in [0, 0.1) is 0 Å². The third-order valence-corrected chi connectivity index (χ3v) is 4.84. The Bertz CT molecular complexity index is 1120. The van der Waals surface area contributed by atoms with Gasteiger partial charge in [-0.1, -0.05) is 12.1 Å². The van der Waals surface area contributed by atoms with Gasteiger partial charge in [-0.2, -0.15) is 0 Å². The first kappa shape index (κ1) is 29.0. The summed E-state index contributed by atoms with van der Waals surface area (Å²) in [6.07, 6.45) is 1.30. The van der Waals surface area contributed by atoms with Gasteiger partial charge in [-0.15, -0.1) is 0 Å². The SMILES string of the molecule is COC(=O)/C=C(/C)NCc1ccc2c(c1)OCO2.COC(=O)CC(C)=O.NCc1ccc2c(c1)OCO2. The van der Waals surface area contributed by atoms with Crippen molar-refractivity contribution in [3.63, 3.8) is 0 Å². The van der Waals surface area contributed by atoms with Crippen molar-refractivity contribution in [2.75, 3.05) is 27.8 Å². The van der Waals surface area contributed by atoms with Crippen LogP contribution < -0.4 is 30.0 Å². The van der Waals surface area contributed by atoms with Crippen molar-refractivity contribution in [3.8, 4) is 23.0 Å². The highest BCUT2D eigenvalue weighted by Crippen LogP contribution is 2.33. The van der Waals surface area contributed by atoms with Crippen LogP contribution in [0.1, 0.15) is 31.4 Å². The van der Waals surface area contributed by atoms with Gasteiger partial charge in [0.25, 0.3) is 0 Å². The Balaban J connectivity index is 0.000000216. The average Bonchev–Trinajstić information content (AvgIpc) is 3.56. The number of methoxy groups -OCH3 is 2. The molecule has 0 unspecified atom stereocenters. The van der Waals surface area contributed by atoms with E-state index < -0.39 is 5.97 Å². The third-order valence-electron chi connectivity index (χ3n) is 4.84. The van der Waals surface area contributed by atoms with Crippen LogP contribution in [0.4, 0.5) is 0 Å². The molecular weight excluding hydrogens is 484 g/mol. The zero-order valence-corrected chi connectivity index (χ0v) is 21.3. The summed E-state index contributed by atoms with van der Waals surface area (Å²) >= 11 is 0. The number of fused-ring (bicyclic) bond motifs is 2. The van der Waals surface area contributed by atoms with Gasteiger partial charge in [0.1, 0.15) is 12.2 Å². The number of hydrogen-bond donors (Lipinski definition) is 2. The van der Waals surface area contributed by atoms with Crippen molar-refractivity contribution in [2.45, 2.75) is 33.4 Å². The maximum absolute atomic E-state index is 11.0. The van der Waals surface area contributed by atoms with Crippen LogP contribution in [0.25, 0.3) is 0 Å². The van der Waals surface area contributed by atoms with E-state index in [0.29, 0.717) is 19.9 Å². The summed E-state index contributed by atoms with van der Waals surface area (Å²) in [6, 6.07) is 11.5. The van der Waals surface area contributed by atoms with Gasteiger partial charge in [-0.05, 0) is 49.2 Å². The Kier molecular flexibility index (Phi) is 11.7. The van der Waals surface area contributed by atoms with E-state index in [1.807, 2.05) is 43.3 Å². The van der Waals surface area contributed by atoms with Gasteiger partial charge in [0, 0.05) is 24.9 Å². The predicted octanol–water partition coefficient (Wildman–Crippen LogP) is 2.59. The molecule has 200 valence electrons. The maximum atomic E-state index is 11.0. The highest BCUT2D eigenvalue weighted by atomic mass is 16.7. The fourth-order valence-electron chi connectivity index (χ4n) is 2.92. The van der Waals surface area contributed by atoms with E-state index in [1.165, 1.54) is 27.2 Å². The molecule has 0 saturated heterocycles. The molecule has 4 rings (SSSR count).